The highest BCUT2D eigenvalue weighted by molar-refractivity contribution is 7.80. The van der Waals surface area contributed by atoms with E-state index in [1.165, 1.54) is 0 Å². The molecule has 2 N–H and O–H groups in total. The highest BCUT2D eigenvalue weighted by atomic mass is 35.5. The molecule has 0 saturated carbocycles. The second kappa shape index (κ2) is 3.64. The van der Waals surface area contributed by atoms with Crippen molar-refractivity contribution in [1.82, 2.24) is 10.6 Å². The molecule has 90 valence electrons. The third kappa shape index (κ3) is 1.84. The fourth-order valence-electron chi connectivity index (χ4n) is 2.35. The van der Waals surface area contributed by atoms with Crippen LogP contribution in [0.4, 0.5) is 0 Å². The summed E-state index contributed by atoms with van der Waals surface area (Å²) in [5.41, 5.74) is 0.459. The van der Waals surface area contributed by atoms with E-state index in [1.807, 2.05) is 13.0 Å². The molecule has 2 bridgehead atoms. The lowest BCUT2D eigenvalue weighted by Crippen LogP contribution is -2.62. The lowest BCUT2D eigenvalue weighted by atomic mass is 9.92. The van der Waals surface area contributed by atoms with E-state index in [0.29, 0.717) is 20.9 Å². The number of fused-ring (bicyclic) bond motifs is 4. The maximum absolute atomic E-state index is 6.16. The maximum Gasteiger partial charge on any atom is 0.181 e. The summed E-state index contributed by atoms with van der Waals surface area (Å²) in [6, 6.07) is 3.65. The molecule has 1 aromatic rings. The molecule has 2 aliphatic heterocycles. The molecule has 3 rings (SSSR count). The molecule has 2 unspecified atom stereocenters. The van der Waals surface area contributed by atoms with Crippen LogP contribution in [0, 0.1) is 0 Å². The van der Waals surface area contributed by atoms with Gasteiger partial charge in [-0.15, -0.1) is 0 Å². The van der Waals surface area contributed by atoms with E-state index in [1.54, 1.807) is 6.07 Å². The van der Waals surface area contributed by atoms with Crippen molar-refractivity contribution in [1.29, 1.82) is 0 Å². The molecule has 6 heteroatoms. The molecule has 1 saturated heterocycles. The van der Waals surface area contributed by atoms with Gasteiger partial charge in [0.25, 0.3) is 0 Å². The summed E-state index contributed by atoms with van der Waals surface area (Å²) in [5.74, 6) is 0.678. The molecule has 2 aliphatic rings. The van der Waals surface area contributed by atoms with E-state index >= 15 is 0 Å². The number of benzene rings is 1. The topological polar surface area (TPSA) is 33.3 Å². The Bertz CT molecular complexity index is 522. The molecule has 1 aromatic carbocycles. The van der Waals surface area contributed by atoms with E-state index in [0.717, 1.165) is 12.0 Å². The van der Waals surface area contributed by atoms with E-state index in [2.05, 4.69) is 10.6 Å². The smallest absolute Gasteiger partial charge is 0.181 e. The van der Waals surface area contributed by atoms with Crippen molar-refractivity contribution >= 4 is 40.5 Å². The fraction of sp³-hybridized carbons (Fsp3) is 0.364. The summed E-state index contributed by atoms with van der Waals surface area (Å²) in [5, 5.41) is 8.04. The summed E-state index contributed by atoms with van der Waals surface area (Å²) in [6.07, 6.45) is 0.775. The average Bonchev–Trinajstić information content (AvgIpc) is 2.19. The molecule has 3 nitrogen and oxygen atoms in total. The second-order valence-corrected chi connectivity index (χ2v) is 5.75. The van der Waals surface area contributed by atoms with Crippen LogP contribution in [0.3, 0.4) is 0 Å². The SMILES string of the molecule is CC12CC(NC(=S)N1)c1cc(Cl)cc(Cl)c1O2. The maximum atomic E-state index is 6.16. The Morgan fingerprint density at radius 1 is 1.47 bits per heavy atom. The van der Waals surface area contributed by atoms with Crippen molar-refractivity contribution < 1.29 is 4.74 Å². The number of thiocarbonyl (C=S) groups is 1. The Morgan fingerprint density at radius 3 is 3.00 bits per heavy atom. The molecule has 0 aliphatic carbocycles. The quantitative estimate of drug-likeness (QED) is 0.719. The molecule has 2 heterocycles. The van der Waals surface area contributed by atoms with Crippen molar-refractivity contribution in [2.75, 3.05) is 0 Å². The predicted octanol–water partition coefficient (Wildman–Crippen LogP) is 3.01. The zero-order valence-corrected chi connectivity index (χ0v) is 11.3. The van der Waals surface area contributed by atoms with Crippen LogP contribution in [0.5, 0.6) is 5.75 Å². The summed E-state index contributed by atoms with van der Waals surface area (Å²) < 4.78 is 5.92. The van der Waals surface area contributed by atoms with E-state index in [-0.39, 0.29) is 6.04 Å². The molecule has 17 heavy (non-hydrogen) atoms. The van der Waals surface area contributed by atoms with Gasteiger partial charge in [-0.3, -0.25) is 0 Å². The van der Waals surface area contributed by atoms with Crippen LogP contribution in [0.15, 0.2) is 12.1 Å². The molecule has 1 fully saturated rings. The van der Waals surface area contributed by atoms with Gasteiger partial charge in [0.2, 0.25) is 0 Å². The zero-order chi connectivity index (χ0) is 12.2. The van der Waals surface area contributed by atoms with Gasteiger partial charge in [0.15, 0.2) is 10.8 Å². The van der Waals surface area contributed by atoms with Crippen molar-refractivity contribution in [2.45, 2.75) is 25.1 Å². The lowest BCUT2D eigenvalue weighted by Gasteiger charge is -2.45. The van der Waals surface area contributed by atoms with Gasteiger partial charge < -0.3 is 15.4 Å². The highest BCUT2D eigenvalue weighted by Crippen LogP contribution is 2.45. The minimum Gasteiger partial charge on any atom is -0.466 e. The normalized spacial score (nSPS) is 29.8. The monoisotopic (exact) mass is 288 g/mol. The summed E-state index contributed by atoms with van der Waals surface area (Å²) >= 11 is 17.3. The molecule has 2 atom stereocenters. The average molecular weight is 289 g/mol. The van der Waals surface area contributed by atoms with Crippen LogP contribution in [0.1, 0.15) is 24.9 Å². The van der Waals surface area contributed by atoms with Gasteiger partial charge in [0.05, 0.1) is 11.1 Å². The molecule has 0 aromatic heterocycles. The first kappa shape index (κ1) is 11.4. The first-order chi connectivity index (χ1) is 7.97. The van der Waals surface area contributed by atoms with Gasteiger partial charge in [-0.1, -0.05) is 23.2 Å². The minimum absolute atomic E-state index is 0.0914. The summed E-state index contributed by atoms with van der Waals surface area (Å²) in [7, 11) is 0. The molecule has 0 spiro atoms. The minimum atomic E-state index is -0.503. The highest BCUT2D eigenvalue weighted by Gasteiger charge is 2.42. The van der Waals surface area contributed by atoms with E-state index in [9.17, 15) is 0 Å². The van der Waals surface area contributed by atoms with Crippen LogP contribution in [0.2, 0.25) is 10.0 Å². The lowest BCUT2D eigenvalue weighted by molar-refractivity contribution is 0.0252. The van der Waals surface area contributed by atoms with Crippen LogP contribution in [0.25, 0.3) is 0 Å². The Hall–Kier alpha value is -0.710. The summed E-state index contributed by atoms with van der Waals surface area (Å²) in [4.78, 5) is 0. The predicted molar refractivity (Wildman–Crippen MR) is 71.7 cm³/mol. The summed E-state index contributed by atoms with van der Waals surface area (Å²) in [6.45, 7) is 1.96. The standard InChI is InChI=1S/C11H10Cl2N2OS/c1-11-4-8(14-10(17)15-11)6-2-5(12)3-7(13)9(6)16-11/h2-3,8H,4H2,1H3,(H2,14,15,17). The Balaban J connectivity index is 2.16. The Labute approximate surface area is 114 Å². The van der Waals surface area contributed by atoms with Gasteiger partial charge in [-0.2, -0.15) is 0 Å². The number of halogens is 2. The molecule has 0 radical (unpaired) electrons. The van der Waals surface area contributed by atoms with Crippen molar-refractivity contribution in [3.8, 4) is 5.75 Å². The third-order valence-electron chi connectivity index (χ3n) is 3.02. The third-order valence-corrected chi connectivity index (χ3v) is 3.74. The van der Waals surface area contributed by atoms with Crippen LogP contribution in [-0.4, -0.2) is 10.8 Å². The van der Waals surface area contributed by atoms with Crippen LogP contribution in [-0.2, 0) is 0 Å². The van der Waals surface area contributed by atoms with E-state index in [4.69, 9.17) is 40.2 Å². The molecular weight excluding hydrogens is 279 g/mol. The first-order valence-corrected chi connectivity index (χ1v) is 6.40. The van der Waals surface area contributed by atoms with Gasteiger partial charge in [-0.25, -0.2) is 0 Å². The van der Waals surface area contributed by atoms with Crippen LogP contribution >= 0.6 is 35.4 Å². The van der Waals surface area contributed by atoms with Gasteiger partial charge in [-0.05, 0) is 31.3 Å². The van der Waals surface area contributed by atoms with E-state index < -0.39 is 5.72 Å². The van der Waals surface area contributed by atoms with Crippen molar-refractivity contribution in [3.05, 3.63) is 27.7 Å². The Kier molecular flexibility index (Phi) is 2.44. The fourth-order valence-corrected chi connectivity index (χ4v) is 3.26. The van der Waals surface area contributed by atoms with Crippen molar-refractivity contribution in [2.24, 2.45) is 0 Å². The number of hydrogen-bond acceptors (Lipinski definition) is 2. The number of ether oxygens (including phenoxy) is 1. The van der Waals surface area contributed by atoms with Crippen LogP contribution < -0.4 is 15.4 Å². The Morgan fingerprint density at radius 2 is 2.24 bits per heavy atom. The second-order valence-electron chi connectivity index (χ2n) is 4.49. The first-order valence-electron chi connectivity index (χ1n) is 5.23. The number of nitrogens with one attached hydrogen (secondary N) is 2. The molecule has 0 amide bonds. The largest absolute Gasteiger partial charge is 0.466 e. The molecular formula is C11H10Cl2N2OS. The zero-order valence-electron chi connectivity index (χ0n) is 9.01. The van der Waals surface area contributed by atoms with Gasteiger partial charge in [0, 0.05) is 17.0 Å². The van der Waals surface area contributed by atoms with Gasteiger partial charge in [0.1, 0.15) is 5.75 Å². The number of rotatable bonds is 0. The number of hydrogen-bond donors (Lipinski definition) is 2. The van der Waals surface area contributed by atoms with Crippen molar-refractivity contribution in [3.63, 3.8) is 0 Å². The van der Waals surface area contributed by atoms with Gasteiger partial charge >= 0.3 is 0 Å².